The van der Waals surface area contributed by atoms with Gasteiger partial charge in [-0.25, -0.2) is 0 Å². The Kier molecular flexibility index (Phi) is 6.45. The lowest BCUT2D eigenvalue weighted by molar-refractivity contribution is 0.0145. The Morgan fingerprint density at radius 3 is 2.75 bits per heavy atom. The maximum absolute atomic E-state index is 10.1. The van der Waals surface area contributed by atoms with Gasteiger partial charge in [-0.2, -0.15) is 0 Å². The number of nitrogens with zero attached hydrogens (tertiary/aromatic N) is 1. The first-order valence-electron chi connectivity index (χ1n) is 7.13. The van der Waals surface area contributed by atoms with Crippen LogP contribution in [0, 0.1) is 0 Å². The molecule has 0 bridgehead atoms. The lowest BCUT2D eigenvalue weighted by Crippen LogP contribution is -2.44. The average molecular weight is 343 g/mol. The van der Waals surface area contributed by atoms with Crippen LogP contribution in [-0.4, -0.2) is 55.5 Å². The van der Waals surface area contributed by atoms with Crippen LogP contribution in [0.5, 0.6) is 0 Å². The van der Waals surface area contributed by atoms with Gasteiger partial charge in [-0.3, -0.25) is 4.90 Å². The second-order valence-corrected chi connectivity index (χ2v) is 6.07. The molecular weight excluding hydrogens is 320 g/mol. The fourth-order valence-electron chi connectivity index (χ4n) is 2.40. The van der Waals surface area contributed by atoms with E-state index in [2.05, 4.69) is 39.1 Å². The highest BCUT2D eigenvalue weighted by Crippen LogP contribution is 2.22. The van der Waals surface area contributed by atoms with Gasteiger partial charge >= 0.3 is 0 Å². The van der Waals surface area contributed by atoms with Crippen molar-refractivity contribution >= 4 is 15.9 Å². The number of hydrogen-bond acceptors (Lipinski definition) is 4. The van der Waals surface area contributed by atoms with E-state index in [-0.39, 0.29) is 12.1 Å². The van der Waals surface area contributed by atoms with E-state index in [0.29, 0.717) is 13.1 Å². The normalized spacial score (nSPS) is 19.8. The van der Waals surface area contributed by atoms with Crippen molar-refractivity contribution < 1.29 is 9.84 Å². The molecule has 112 valence electrons. The Labute approximate surface area is 129 Å². The lowest BCUT2D eigenvalue weighted by Gasteiger charge is -2.29. The van der Waals surface area contributed by atoms with Crippen LogP contribution in [-0.2, 0) is 4.74 Å². The molecule has 0 saturated carbocycles. The molecule has 0 aromatic heterocycles. The van der Waals surface area contributed by atoms with E-state index in [0.717, 1.165) is 30.8 Å². The third-order valence-corrected chi connectivity index (χ3v) is 4.33. The first-order chi connectivity index (χ1) is 9.66. The first kappa shape index (κ1) is 15.9. The van der Waals surface area contributed by atoms with E-state index in [1.54, 1.807) is 0 Å². The van der Waals surface area contributed by atoms with Crippen LogP contribution in [0.25, 0.3) is 0 Å². The molecule has 1 aliphatic rings. The van der Waals surface area contributed by atoms with Gasteiger partial charge in [0.25, 0.3) is 0 Å². The summed E-state index contributed by atoms with van der Waals surface area (Å²) in [6.07, 6.45) is -0.349. The van der Waals surface area contributed by atoms with Gasteiger partial charge in [-0.05, 0) is 18.6 Å². The van der Waals surface area contributed by atoms with Crippen molar-refractivity contribution in [1.82, 2.24) is 10.2 Å². The molecule has 0 spiro atoms. The fourth-order valence-corrected chi connectivity index (χ4v) is 3.02. The summed E-state index contributed by atoms with van der Waals surface area (Å²) in [7, 11) is 0. The zero-order valence-electron chi connectivity index (χ0n) is 11.9. The topological polar surface area (TPSA) is 44.7 Å². The highest BCUT2D eigenvalue weighted by Gasteiger charge is 2.16. The predicted octanol–water partition coefficient (Wildman–Crippen LogP) is 1.79. The molecule has 1 aromatic rings. The van der Waals surface area contributed by atoms with E-state index in [1.165, 1.54) is 5.56 Å². The van der Waals surface area contributed by atoms with Gasteiger partial charge in [-0.15, -0.1) is 0 Å². The third-order valence-electron chi connectivity index (χ3n) is 3.60. The van der Waals surface area contributed by atoms with Gasteiger partial charge in [0.05, 0.1) is 19.3 Å². The molecule has 1 fully saturated rings. The van der Waals surface area contributed by atoms with Crippen molar-refractivity contribution in [2.24, 2.45) is 0 Å². The van der Waals surface area contributed by atoms with Crippen LogP contribution in [0.1, 0.15) is 18.5 Å². The van der Waals surface area contributed by atoms with Gasteiger partial charge in [0.1, 0.15) is 0 Å². The molecule has 1 aromatic carbocycles. The van der Waals surface area contributed by atoms with E-state index in [4.69, 9.17) is 4.74 Å². The Morgan fingerprint density at radius 1 is 1.35 bits per heavy atom. The molecule has 5 heteroatoms. The second kappa shape index (κ2) is 8.10. The first-order valence-corrected chi connectivity index (χ1v) is 7.92. The molecule has 2 rings (SSSR count). The van der Waals surface area contributed by atoms with Crippen LogP contribution in [0.3, 0.4) is 0 Å². The summed E-state index contributed by atoms with van der Waals surface area (Å²) in [5.41, 5.74) is 1.21. The molecule has 1 saturated heterocycles. The minimum atomic E-state index is -0.349. The largest absolute Gasteiger partial charge is 0.390 e. The molecule has 2 N–H and O–H groups in total. The number of benzene rings is 1. The van der Waals surface area contributed by atoms with Crippen molar-refractivity contribution in [1.29, 1.82) is 0 Å². The Morgan fingerprint density at radius 2 is 2.05 bits per heavy atom. The van der Waals surface area contributed by atoms with Crippen molar-refractivity contribution in [2.75, 3.05) is 39.4 Å². The summed E-state index contributed by atoms with van der Waals surface area (Å²) >= 11 is 3.56. The molecule has 1 aliphatic heterocycles. The molecule has 0 amide bonds. The summed E-state index contributed by atoms with van der Waals surface area (Å²) in [6, 6.07) is 8.38. The number of β-amino-alcohol motifs (C(OH)–C–C–N with tert-alkyl or cyclic N) is 1. The summed E-state index contributed by atoms with van der Waals surface area (Å²) in [4.78, 5) is 2.25. The van der Waals surface area contributed by atoms with Crippen molar-refractivity contribution in [2.45, 2.75) is 19.1 Å². The highest BCUT2D eigenvalue weighted by atomic mass is 79.9. The maximum Gasteiger partial charge on any atom is 0.0791 e. The number of hydrogen-bond donors (Lipinski definition) is 2. The maximum atomic E-state index is 10.1. The summed E-state index contributed by atoms with van der Waals surface area (Å²) in [5, 5.41) is 13.5. The minimum absolute atomic E-state index is 0.213. The Bertz CT molecular complexity index is 411. The predicted molar refractivity (Wildman–Crippen MR) is 83.8 cm³/mol. The molecule has 0 radical (unpaired) electrons. The Hall–Kier alpha value is -0.460. The van der Waals surface area contributed by atoms with E-state index in [9.17, 15) is 5.11 Å². The number of nitrogens with one attached hydrogen (secondary N) is 1. The molecule has 0 aliphatic carbocycles. The Balaban J connectivity index is 1.75. The monoisotopic (exact) mass is 342 g/mol. The minimum Gasteiger partial charge on any atom is -0.390 e. The van der Waals surface area contributed by atoms with Gasteiger partial charge in [0.15, 0.2) is 0 Å². The van der Waals surface area contributed by atoms with Crippen LogP contribution in [0.2, 0.25) is 0 Å². The fraction of sp³-hybridized carbons (Fsp3) is 0.600. The molecular formula is C15H23BrN2O2. The zero-order valence-corrected chi connectivity index (χ0v) is 13.5. The number of rotatable bonds is 6. The van der Waals surface area contributed by atoms with Crippen molar-refractivity contribution in [3.05, 3.63) is 34.3 Å². The molecule has 4 nitrogen and oxygen atoms in total. The number of aliphatic hydroxyl groups excluding tert-OH is 1. The molecule has 2 atom stereocenters. The van der Waals surface area contributed by atoms with E-state index < -0.39 is 0 Å². The van der Waals surface area contributed by atoms with Gasteiger partial charge in [0.2, 0.25) is 0 Å². The number of morpholine rings is 1. The average Bonchev–Trinajstić information content (AvgIpc) is 2.46. The lowest BCUT2D eigenvalue weighted by atomic mass is 10.1. The number of aliphatic hydroxyl groups is 1. The zero-order chi connectivity index (χ0) is 14.4. The van der Waals surface area contributed by atoms with Crippen LogP contribution >= 0.6 is 15.9 Å². The molecule has 1 heterocycles. The van der Waals surface area contributed by atoms with Crippen LogP contribution < -0.4 is 5.32 Å². The quantitative estimate of drug-likeness (QED) is 0.827. The van der Waals surface area contributed by atoms with Crippen LogP contribution in [0.15, 0.2) is 28.7 Å². The summed E-state index contributed by atoms with van der Waals surface area (Å²) < 4.78 is 6.41. The third kappa shape index (κ3) is 4.82. The van der Waals surface area contributed by atoms with Gasteiger partial charge in [0, 0.05) is 36.7 Å². The van der Waals surface area contributed by atoms with Crippen molar-refractivity contribution in [3.63, 3.8) is 0 Å². The van der Waals surface area contributed by atoms with Gasteiger partial charge < -0.3 is 15.2 Å². The van der Waals surface area contributed by atoms with Crippen LogP contribution in [0.4, 0.5) is 0 Å². The SMILES string of the molecule is C[C@@H](NCC(O)CN1CCOCC1)c1ccccc1Br. The molecule has 1 unspecified atom stereocenters. The number of halogens is 1. The second-order valence-electron chi connectivity index (χ2n) is 5.22. The van der Waals surface area contributed by atoms with Crippen molar-refractivity contribution in [3.8, 4) is 0 Å². The number of ether oxygens (including phenoxy) is 1. The summed E-state index contributed by atoms with van der Waals surface area (Å²) in [6.45, 7) is 6.79. The van der Waals surface area contributed by atoms with E-state index >= 15 is 0 Å². The standard InChI is InChI=1S/C15H23BrN2O2/c1-12(14-4-2-3-5-15(14)16)17-10-13(19)11-18-6-8-20-9-7-18/h2-5,12-13,17,19H,6-11H2,1H3/t12-,13?/m1/s1. The summed E-state index contributed by atoms with van der Waals surface area (Å²) in [5.74, 6) is 0. The van der Waals surface area contributed by atoms with E-state index in [1.807, 2.05) is 18.2 Å². The molecule has 20 heavy (non-hydrogen) atoms. The van der Waals surface area contributed by atoms with Gasteiger partial charge in [-0.1, -0.05) is 34.1 Å². The highest BCUT2D eigenvalue weighted by molar-refractivity contribution is 9.10. The smallest absolute Gasteiger partial charge is 0.0791 e.